The van der Waals surface area contributed by atoms with Gasteiger partial charge in [-0.2, -0.15) is 13.8 Å². The van der Waals surface area contributed by atoms with Gasteiger partial charge in [-0.15, -0.1) is 0 Å². The third kappa shape index (κ3) is 1.18. The van der Waals surface area contributed by atoms with Gasteiger partial charge in [0.15, 0.2) is 11.6 Å². The van der Waals surface area contributed by atoms with Crippen molar-refractivity contribution in [1.82, 2.24) is 4.98 Å². The molecule has 0 unspecified atom stereocenters. The van der Waals surface area contributed by atoms with Crippen LogP contribution >= 0.6 is 0 Å². The summed E-state index contributed by atoms with van der Waals surface area (Å²) in [5.74, 6) is -6.50. The van der Waals surface area contributed by atoms with E-state index in [0.29, 0.717) is 0 Å². The molecular formula is C6H2F4N. The van der Waals surface area contributed by atoms with E-state index < -0.39 is 29.1 Å². The fourth-order valence-corrected chi connectivity index (χ4v) is 0.530. The molecule has 1 radical (unpaired) electrons. The molecule has 0 spiro atoms. The first-order valence-corrected chi connectivity index (χ1v) is 2.56. The van der Waals surface area contributed by atoms with Gasteiger partial charge in [-0.25, -0.2) is 8.78 Å². The Morgan fingerprint density at radius 1 is 0.909 bits per heavy atom. The quantitative estimate of drug-likeness (QED) is 0.421. The van der Waals surface area contributed by atoms with Gasteiger partial charge in [-0.1, -0.05) is 0 Å². The topological polar surface area (TPSA) is 12.9 Å². The third-order valence-corrected chi connectivity index (χ3v) is 1.09. The summed E-state index contributed by atoms with van der Waals surface area (Å²) in [6.07, 6.45) is 0. The van der Waals surface area contributed by atoms with Gasteiger partial charge in [0.25, 0.3) is 11.9 Å². The highest BCUT2D eigenvalue weighted by molar-refractivity contribution is 5.19. The Kier molecular flexibility index (Phi) is 1.80. The van der Waals surface area contributed by atoms with Crippen molar-refractivity contribution in [3.63, 3.8) is 0 Å². The van der Waals surface area contributed by atoms with Gasteiger partial charge in [-0.3, -0.25) is 0 Å². The van der Waals surface area contributed by atoms with E-state index in [4.69, 9.17) is 0 Å². The highest BCUT2D eigenvalue weighted by Gasteiger charge is 2.16. The van der Waals surface area contributed by atoms with Crippen LogP contribution in [0.1, 0.15) is 5.56 Å². The molecule has 0 aliphatic heterocycles. The maximum absolute atomic E-state index is 12.3. The number of aromatic nitrogens is 1. The van der Waals surface area contributed by atoms with Crippen molar-refractivity contribution in [3.05, 3.63) is 36.0 Å². The second kappa shape index (κ2) is 2.48. The Bertz CT molecular complexity index is 271. The van der Waals surface area contributed by atoms with E-state index in [1.807, 2.05) is 0 Å². The molecule has 0 N–H and O–H groups in total. The molecule has 0 aliphatic carbocycles. The van der Waals surface area contributed by atoms with Crippen LogP contribution in [0.15, 0.2) is 0 Å². The largest absolute Gasteiger partial charge is 0.252 e. The molecule has 11 heavy (non-hydrogen) atoms. The number of halogens is 4. The van der Waals surface area contributed by atoms with E-state index in [1.54, 1.807) is 0 Å². The van der Waals surface area contributed by atoms with Crippen molar-refractivity contribution in [2.45, 2.75) is 0 Å². The molecule has 1 aromatic heterocycles. The SMILES string of the molecule is [CH2]c1c(F)c(F)nc(F)c1F. The first-order chi connectivity index (χ1) is 5.04. The number of pyridine rings is 1. The highest BCUT2D eigenvalue weighted by atomic mass is 19.2. The number of nitrogens with zero attached hydrogens (tertiary/aromatic N) is 1. The molecule has 0 amide bonds. The van der Waals surface area contributed by atoms with Crippen LogP contribution in [0.3, 0.4) is 0 Å². The average molecular weight is 164 g/mol. The molecule has 0 fully saturated rings. The maximum atomic E-state index is 12.3. The monoisotopic (exact) mass is 164 g/mol. The molecule has 1 aromatic rings. The summed E-state index contributed by atoms with van der Waals surface area (Å²) < 4.78 is 48.7. The zero-order valence-electron chi connectivity index (χ0n) is 5.17. The van der Waals surface area contributed by atoms with Crippen LogP contribution in [0.4, 0.5) is 17.6 Å². The van der Waals surface area contributed by atoms with Gasteiger partial charge >= 0.3 is 0 Å². The summed E-state index contributed by atoms with van der Waals surface area (Å²) in [5.41, 5.74) is -0.949. The lowest BCUT2D eigenvalue weighted by molar-refractivity contribution is 0.403. The van der Waals surface area contributed by atoms with Gasteiger partial charge < -0.3 is 0 Å². The molecule has 1 rings (SSSR count). The molecule has 59 valence electrons. The van der Waals surface area contributed by atoms with Crippen molar-refractivity contribution < 1.29 is 17.6 Å². The second-order valence-corrected chi connectivity index (χ2v) is 1.80. The Hall–Kier alpha value is -1.13. The van der Waals surface area contributed by atoms with Crippen LogP contribution in [0.2, 0.25) is 0 Å². The third-order valence-electron chi connectivity index (χ3n) is 1.09. The summed E-state index contributed by atoms with van der Waals surface area (Å²) in [6.45, 7) is 2.77. The van der Waals surface area contributed by atoms with Crippen LogP contribution < -0.4 is 0 Å². The molecule has 1 heterocycles. The fraction of sp³-hybridized carbons (Fsp3) is 0. The molecule has 1 nitrogen and oxygen atoms in total. The lowest BCUT2D eigenvalue weighted by atomic mass is 10.3. The second-order valence-electron chi connectivity index (χ2n) is 1.80. The lowest BCUT2D eigenvalue weighted by Crippen LogP contribution is -2.02. The zero-order valence-corrected chi connectivity index (χ0v) is 5.17. The number of hydrogen-bond acceptors (Lipinski definition) is 1. The molecule has 0 saturated carbocycles. The Labute approximate surface area is 59.7 Å². The van der Waals surface area contributed by atoms with Crippen molar-refractivity contribution >= 4 is 0 Å². The summed E-state index contributed by atoms with van der Waals surface area (Å²) >= 11 is 0. The molecule has 0 saturated heterocycles. The zero-order chi connectivity index (χ0) is 8.59. The molecular weight excluding hydrogens is 162 g/mol. The van der Waals surface area contributed by atoms with Crippen LogP contribution in [0, 0.1) is 30.5 Å². The smallest absolute Gasteiger partial charge is 0.202 e. The number of rotatable bonds is 0. The van der Waals surface area contributed by atoms with E-state index in [2.05, 4.69) is 11.9 Å². The van der Waals surface area contributed by atoms with E-state index in [0.717, 1.165) is 0 Å². The summed E-state index contributed by atoms with van der Waals surface area (Å²) in [5, 5.41) is 0. The minimum atomic E-state index is -1.69. The lowest BCUT2D eigenvalue weighted by Gasteiger charge is -1.98. The van der Waals surface area contributed by atoms with Gasteiger partial charge in [0.05, 0.1) is 0 Å². The Morgan fingerprint density at radius 2 is 1.27 bits per heavy atom. The first kappa shape index (κ1) is 7.97. The van der Waals surface area contributed by atoms with Crippen molar-refractivity contribution in [1.29, 1.82) is 0 Å². The van der Waals surface area contributed by atoms with Crippen LogP contribution in [0.5, 0.6) is 0 Å². The van der Waals surface area contributed by atoms with E-state index in [9.17, 15) is 17.6 Å². The van der Waals surface area contributed by atoms with Gasteiger partial charge in [0.2, 0.25) is 0 Å². The van der Waals surface area contributed by atoms with Crippen molar-refractivity contribution in [3.8, 4) is 0 Å². The summed E-state index contributed by atoms with van der Waals surface area (Å²) in [4.78, 5) is 2.31. The molecule has 0 aromatic carbocycles. The van der Waals surface area contributed by atoms with Crippen molar-refractivity contribution in [2.24, 2.45) is 0 Å². The van der Waals surface area contributed by atoms with Crippen LogP contribution in [-0.4, -0.2) is 4.98 Å². The number of hydrogen-bond donors (Lipinski definition) is 0. The van der Waals surface area contributed by atoms with Crippen LogP contribution in [0.25, 0.3) is 0 Å². The molecule has 0 bridgehead atoms. The maximum Gasteiger partial charge on any atom is 0.252 e. The van der Waals surface area contributed by atoms with E-state index >= 15 is 0 Å². The van der Waals surface area contributed by atoms with E-state index in [-0.39, 0.29) is 0 Å². The molecule has 0 aliphatic rings. The van der Waals surface area contributed by atoms with E-state index in [1.165, 1.54) is 0 Å². The summed E-state index contributed by atoms with van der Waals surface area (Å²) in [6, 6.07) is 0. The van der Waals surface area contributed by atoms with Gasteiger partial charge in [0.1, 0.15) is 0 Å². The molecule has 5 heteroatoms. The van der Waals surface area contributed by atoms with Crippen LogP contribution in [-0.2, 0) is 0 Å². The first-order valence-electron chi connectivity index (χ1n) is 2.56. The predicted octanol–water partition coefficient (Wildman–Crippen LogP) is 1.82. The summed E-state index contributed by atoms with van der Waals surface area (Å²) in [7, 11) is 0. The van der Waals surface area contributed by atoms with Gasteiger partial charge in [0, 0.05) is 5.56 Å². The normalized spacial score (nSPS) is 10.3. The minimum Gasteiger partial charge on any atom is -0.202 e. The average Bonchev–Trinajstić information content (AvgIpc) is 1.97. The predicted molar refractivity (Wildman–Crippen MR) is 28.5 cm³/mol. The van der Waals surface area contributed by atoms with Gasteiger partial charge in [-0.05, 0) is 6.92 Å². The fourth-order valence-electron chi connectivity index (χ4n) is 0.530. The highest BCUT2D eigenvalue weighted by Crippen LogP contribution is 2.14. The Morgan fingerprint density at radius 3 is 1.64 bits per heavy atom. The molecule has 0 atom stereocenters. The standard InChI is InChI=1S/C6H2F4N/c1-2-3(7)5(9)11-6(10)4(2)8/h1H2. The van der Waals surface area contributed by atoms with Crippen molar-refractivity contribution in [2.75, 3.05) is 0 Å². The Balaban J connectivity index is 3.46. The minimum absolute atomic E-state index is 0.949.